The first-order valence-electron chi connectivity index (χ1n) is 8.65. The second kappa shape index (κ2) is 8.35. The highest BCUT2D eigenvalue weighted by atomic mass is 16.6. The molecule has 3 rings (SSSR count). The van der Waals surface area contributed by atoms with Gasteiger partial charge in [0.25, 0.3) is 0 Å². The Bertz CT molecular complexity index is 921. The van der Waals surface area contributed by atoms with Crippen molar-refractivity contribution in [3.63, 3.8) is 0 Å². The molecule has 2 N–H and O–H groups in total. The van der Waals surface area contributed by atoms with Gasteiger partial charge in [-0.05, 0) is 23.6 Å². The average molecular weight is 367 g/mol. The van der Waals surface area contributed by atoms with E-state index in [1.165, 1.54) is 0 Å². The van der Waals surface area contributed by atoms with Gasteiger partial charge in [-0.15, -0.1) is 0 Å². The van der Waals surface area contributed by atoms with Gasteiger partial charge in [0.05, 0.1) is 11.7 Å². The molecule has 1 heterocycles. The largest absolute Gasteiger partial charge is 0.445 e. The van der Waals surface area contributed by atoms with Crippen LogP contribution in [0.15, 0.2) is 54.7 Å². The molecule has 0 saturated heterocycles. The van der Waals surface area contributed by atoms with Crippen LogP contribution in [0.3, 0.4) is 0 Å². The summed E-state index contributed by atoms with van der Waals surface area (Å²) in [5, 5.41) is 10.2. The molecule has 0 saturated carbocycles. The number of carbonyl (C=O) groups excluding carboxylic acids is 2. The van der Waals surface area contributed by atoms with E-state index in [4.69, 9.17) is 9.47 Å². The number of carbonyl (C=O) groups is 2. The van der Waals surface area contributed by atoms with Crippen molar-refractivity contribution in [2.24, 2.45) is 5.92 Å². The SMILES string of the molecule is CC(C)[C@H](NC(=O)OCc1ccccc1)C(=O)Oc1ccc2cn[nH]c2c1. The summed E-state index contributed by atoms with van der Waals surface area (Å²) >= 11 is 0. The Balaban J connectivity index is 1.59. The highest BCUT2D eigenvalue weighted by molar-refractivity contribution is 5.85. The number of alkyl carbamates (subject to hydrolysis) is 1. The van der Waals surface area contributed by atoms with E-state index in [2.05, 4.69) is 15.5 Å². The third-order valence-corrected chi connectivity index (χ3v) is 4.04. The average Bonchev–Trinajstić information content (AvgIpc) is 3.12. The Hall–Kier alpha value is -3.35. The van der Waals surface area contributed by atoms with Crippen molar-refractivity contribution in [1.29, 1.82) is 0 Å². The Morgan fingerprint density at radius 2 is 1.93 bits per heavy atom. The van der Waals surface area contributed by atoms with Crippen molar-refractivity contribution in [1.82, 2.24) is 15.5 Å². The molecule has 0 bridgehead atoms. The Morgan fingerprint density at radius 3 is 2.67 bits per heavy atom. The zero-order valence-electron chi connectivity index (χ0n) is 15.1. The zero-order valence-corrected chi connectivity index (χ0v) is 15.1. The molecule has 1 amide bonds. The molecule has 0 unspecified atom stereocenters. The molecule has 0 radical (unpaired) electrons. The van der Waals surface area contributed by atoms with E-state index in [-0.39, 0.29) is 12.5 Å². The van der Waals surface area contributed by atoms with E-state index in [0.717, 1.165) is 16.5 Å². The van der Waals surface area contributed by atoms with Gasteiger partial charge >= 0.3 is 12.1 Å². The number of H-pyrrole nitrogens is 1. The van der Waals surface area contributed by atoms with Gasteiger partial charge < -0.3 is 14.8 Å². The maximum absolute atomic E-state index is 12.5. The lowest BCUT2D eigenvalue weighted by Crippen LogP contribution is -2.46. The van der Waals surface area contributed by atoms with Crippen LogP contribution in [-0.4, -0.2) is 28.3 Å². The molecule has 7 nitrogen and oxygen atoms in total. The lowest BCUT2D eigenvalue weighted by molar-refractivity contribution is -0.137. The van der Waals surface area contributed by atoms with Crippen LogP contribution < -0.4 is 10.1 Å². The van der Waals surface area contributed by atoms with E-state index in [1.807, 2.05) is 44.2 Å². The van der Waals surface area contributed by atoms with Gasteiger partial charge in [0.15, 0.2) is 0 Å². The van der Waals surface area contributed by atoms with E-state index < -0.39 is 18.1 Å². The van der Waals surface area contributed by atoms with Crippen LogP contribution in [0.4, 0.5) is 4.79 Å². The minimum atomic E-state index is -0.828. The van der Waals surface area contributed by atoms with Crippen LogP contribution in [0.2, 0.25) is 0 Å². The maximum Gasteiger partial charge on any atom is 0.408 e. The number of hydrogen-bond acceptors (Lipinski definition) is 5. The van der Waals surface area contributed by atoms with Crippen molar-refractivity contribution in [2.75, 3.05) is 0 Å². The predicted molar refractivity (Wildman–Crippen MR) is 100 cm³/mol. The van der Waals surface area contributed by atoms with E-state index >= 15 is 0 Å². The standard InChI is InChI=1S/C20H21N3O4/c1-13(2)18(22-20(25)26-12-14-6-4-3-5-7-14)19(24)27-16-9-8-15-11-21-23-17(15)10-16/h3-11,13,18H,12H2,1-2H3,(H,21,23)(H,22,25)/t18-/m0/s1. The number of hydrogen-bond donors (Lipinski definition) is 2. The molecule has 0 aliphatic carbocycles. The number of fused-ring (bicyclic) bond motifs is 1. The number of amides is 1. The minimum absolute atomic E-state index is 0.128. The molecule has 0 spiro atoms. The van der Waals surface area contributed by atoms with E-state index in [9.17, 15) is 9.59 Å². The quantitative estimate of drug-likeness (QED) is 0.514. The third kappa shape index (κ3) is 4.84. The second-order valence-corrected chi connectivity index (χ2v) is 6.47. The van der Waals surface area contributed by atoms with Crippen molar-refractivity contribution < 1.29 is 19.1 Å². The fourth-order valence-corrected chi connectivity index (χ4v) is 2.55. The minimum Gasteiger partial charge on any atom is -0.445 e. The van der Waals surface area contributed by atoms with Gasteiger partial charge in [-0.25, -0.2) is 9.59 Å². The van der Waals surface area contributed by atoms with Crippen LogP contribution in [0.1, 0.15) is 19.4 Å². The summed E-state index contributed by atoms with van der Waals surface area (Å²) < 4.78 is 10.6. The number of aromatic nitrogens is 2. The first kappa shape index (κ1) is 18.4. The number of ether oxygens (including phenoxy) is 2. The van der Waals surface area contributed by atoms with Gasteiger partial charge in [-0.2, -0.15) is 5.10 Å². The monoisotopic (exact) mass is 367 g/mol. The summed E-state index contributed by atoms with van der Waals surface area (Å²) in [5.41, 5.74) is 1.63. The van der Waals surface area contributed by atoms with Crippen molar-refractivity contribution >= 4 is 23.0 Å². The Morgan fingerprint density at radius 1 is 1.15 bits per heavy atom. The zero-order chi connectivity index (χ0) is 19.2. The first-order valence-corrected chi connectivity index (χ1v) is 8.65. The Kier molecular flexibility index (Phi) is 5.71. The lowest BCUT2D eigenvalue weighted by Gasteiger charge is -2.20. The summed E-state index contributed by atoms with van der Waals surface area (Å²) in [6, 6.07) is 13.7. The third-order valence-electron chi connectivity index (χ3n) is 4.04. The van der Waals surface area contributed by atoms with Crippen LogP contribution in [-0.2, 0) is 16.1 Å². The highest BCUT2D eigenvalue weighted by Gasteiger charge is 2.27. The molecule has 1 aromatic heterocycles. The normalized spacial score (nSPS) is 12.0. The maximum atomic E-state index is 12.5. The second-order valence-electron chi connectivity index (χ2n) is 6.47. The fourth-order valence-electron chi connectivity index (χ4n) is 2.55. The molecule has 27 heavy (non-hydrogen) atoms. The summed E-state index contributed by atoms with van der Waals surface area (Å²) in [6.45, 7) is 3.77. The number of esters is 1. The summed E-state index contributed by atoms with van der Waals surface area (Å²) in [4.78, 5) is 24.6. The van der Waals surface area contributed by atoms with Crippen molar-refractivity contribution in [3.8, 4) is 5.75 Å². The fraction of sp³-hybridized carbons (Fsp3) is 0.250. The number of rotatable bonds is 6. The summed E-state index contributed by atoms with van der Waals surface area (Å²) in [6.07, 6.45) is 1.01. The van der Waals surface area contributed by atoms with Gasteiger partial charge in [-0.1, -0.05) is 44.2 Å². The molecule has 0 aliphatic heterocycles. The molecule has 140 valence electrons. The number of nitrogens with one attached hydrogen (secondary N) is 2. The highest BCUT2D eigenvalue weighted by Crippen LogP contribution is 2.19. The Labute approximate surface area is 156 Å². The number of benzene rings is 2. The van der Waals surface area contributed by atoms with Crippen LogP contribution in [0, 0.1) is 5.92 Å². The molecule has 0 fully saturated rings. The molecule has 3 aromatic rings. The van der Waals surface area contributed by atoms with Crippen LogP contribution in [0.25, 0.3) is 10.9 Å². The van der Waals surface area contributed by atoms with Crippen LogP contribution in [0.5, 0.6) is 5.75 Å². The van der Waals surface area contributed by atoms with Gasteiger partial charge in [0, 0.05) is 11.5 Å². The first-order chi connectivity index (χ1) is 13.0. The van der Waals surface area contributed by atoms with Crippen molar-refractivity contribution in [3.05, 3.63) is 60.3 Å². The van der Waals surface area contributed by atoms with E-state index in [0.29, 0.717) is 5.75 Å². The summed E-state index contributed by atoms with van der Waals surface area (Å²) in [5.74, 6) is -0.347. The number of aromatic amines is 1. The van der Waals surface area contributed by atoms with Crippen molar-refractivity contribution in [2.45, 2.75) is 26.5 Å². The molecular weight excluding hydrogens is 346 g/mol. The smallest absolute Gasteiger partial charge is 0.408 e. The lowest BCUT2D eigenvalue weighted by atomic mass is 10.1. The molecule has 1 atom stereocenters. The van der Waals surface area contributed by atoms with Gasteiger partial charge in [-0.3, -0.25) is 5.10 Å². The molecule has 0 aliphatic rings. The molecular formula is C20H21N3O4. The van der Waals surface area contributed by atoms with Gasteiger partial charge in [0.2, 0.25) is 0 Å². The number of nitrogens with zero attached hydrogens (tertiary/aromatic N) is 1. The molecule has 2 aromatic carbocycles. The van der Waals surface area contributed by atoms with Gasteiger partial charge in [0.1, 0.15) is 18.4 Å². The predicted octanol–water partition coefficient (Wildman–Crippen LogP) is 3.42. The van der Waals surface area contributed by atoms with E-state index in [1.54, 1.807) is 24.4 Å². The topological polar surface area (TPSA) is 93.3 Å². The molecule has 7 heteroatoms. The van der Waals surface area contributed by atoms with Crippen LogP contribution >= 0.6 is 0 Å². The summed E-state index contributed by atoms with van der Waals surface area (Å²) in [7, 11) is 0.